The monoisotopic (exact) mass is 300 g/mol. The summed E-state index contributed by atoms with van der Waals surface area (Å²) < 4.78 is 0.948. The molecule has 0 saturated carbocycles. The first-order chi connectivity index (χ1) is 8.11. The highest BCUT2D eigenvalue weighted by Crippen LogP contribution is 2.30. The summed E-state index contributed by atoms with van der Waals surface area (Å²) in [4.78, 5) is 10.9. The molecule has 1 N–H and O–H groups in total. The minimum atomic E-state index is 0.422. The number of anilines is 2. The van der Waals surface area contributed by atoms with Crippen LogP contribution < -0.4 is 10.2 Å². The largest absolute Gasteiger partial charge is 0.369 e. The van der Waals surface area contributed by atoms with E-state index in [9.17, 15) is 0 Å². The Balaban J connectivity index is 2.99. The fourth-order valence-electron chi connectivity index (χ4n) is 1.69. The third-order valence-electron chi connectivity index (χ3n) is 2.55. The minimum absolute atomic E-state index is 0.422. The Hall–Kier alpha value is -0.840. The molecule has 0 aliphatic carbocycles. The van der Waals surface area contributed by atoms with Crippen LogP contribution in [-0.4, -0.2) is 29.1 Å². The molecule has 0 bridgehead atoms. The van der Waals surface area contributed by atoms with Crippen LogP contribution in [0.5, 0.6) is 0 Å². The van der Waals surface area contributed by atoms with Gasteiger partial charge in [0.15, 0.2) is 0 Å². The predicted molar refractivity (Wildman–Crippen MR) is 76.7 cm³/mol. The number of hydrogen-bond acceptors (Lipinski definition) is 4. The zero-order chi connectivity index (χ0) is 12.8. The standard InChI is InChI=1S/C12H21BrN4/c1-5-7-14-11-10(13)12(16-8-15-11)17(6-2)9(3)4/h8-9H,5-7H2,1-4H3,(H,14,15,16). The number of rotatable bonds is 6. The summed E-state index contributed by atoms with van der Waals surface area (Å²) in [7, 11) is 0. The summed E-state index contributed by atoms with van der Waals surface area (Å²) in [5, 5.41) is 3.30. The fourth-order valence-corrected chi connectivity index (χ4v) is 2.26. The lowest BCUT2D eigenvalue weighted by atomic mass is 10.3. The first-order valence-corrected chi connectivity index (χ1v) is 6.92. The average Bonchev–Trinajstić information content (AvgIpc) is 2.30. The van der Waals surface area contributed by atoms with E-state index in [-0.39, 0.29) is 0 Å². The van der Waals surface area contributed by atoms with E-state index >= 15 is 0 Å². The third-order valence-corrected chi connectivity index (χ3v) is 3.28. The Kier molecular flexibility index (Phi) is 5.68. The molecule has 0 unspecified atom stereocenters. The highest BCUT2D eigenvalue weighted by atomic mass is 79.9. The molecule has 0 aromatic carbocycles. The molecular weight excluding hydrogens is 280 g/mol. The van der Waals surface area contributed by atoms with Crippen molar-refractivity contribution in [2.75, 3.05) is 23.3 Å². The van der Waals surface area contributed by atoms with Crippen molar-refractivity contribution in [3.8, 4) is 0 Å². The van der Waals surface area contributed by atoms with Crippen molar-refractivity contribution in [1.82, 2.24) is 9.97 Å². The zero-order valence-corrected chi connectivity index (χ0v) is 12.6. The summed E-state index contributed by atoms with van der Waals surface area (Å²) in [6.45, 7) is 10.4. The lowest BCUT2D eigenvalue weighted by Gasteiger charge is -2.27. The van der Waals surface area contributed by atoms with Gasteiger partial charge < -0.3 is 10.2 Å². The molecule has 4 nitrogen and oxygen atoms in total. The maximum Gasteiger partial charge on any atom is 0.148 e. The third kappa shape index (κ3) is 3.56. The van der Waals surface area contributed by atoms with E-state index in [1.54, 1.807) is 6.33 Å². The van der Waals surface area contributed by atoms with Gasteiger partial charge in [0, 0.05) is 19.1 Å². The Labute approximate surface area is 112 Å². The number of nitrogens with one attached hydrogen (secondary N) is 1. The Bertz CT molecular complexity index is 354. The molecule has 1 aromatic heterocycles. The number of nitrogens with zero attached hydrogens (tertiary/aromatic N) is 3. The van der Waals surface area contributed by atoms with Crippen LogP contribution in [-0.2, 0) is 0 Å². The number of hydrogen-bond donors (Lipinski definition) is 1. The Morgan fingerprint density at radius 1 is 1.35 bits per heavy atom. The fraction of sp³-hybridized carbons (Fsp3) is 0.667. The van der Waals surface area contributed by atoms with Gasteiger partial charge in [0.25, 0.3) is 0 Å². The lowest BCUT2D eigenvalue weighted by molar-refractivity contribution is 0.690. The van der Waals surface area contributed by atoms with E-state index in [0.29, 0.717) is 6.04 Å². The Morgan fingerprint density at radius 3 is 2.59 bits per heavy atom. The Morgan fingerprint density at radius 2 is 2.06 bits per heavy atom. The molecule has 1 heterocycles. The van der Waals surface area contributed by atoms with E-state index in [0.717, 1.165) is 35.6 Å². The van der Waals surface area contributed by atoms with E-state index in [2.05, 4.69) is 63.8 Å². The van der Waals surface area contributed by atoms with Crippen molar-refractivity contribution in [2.24, 2.45) is 0 Å². The van der Waals surface area contributed by atoms with Crippen LogP contribution in [0.1, 0.15) is 34.1 Å². The van der Waals surface area contributed by atoms with Crippen molar-refractivity contribution >= 4 is 27.6 Å². The van der Waals surface area contributed by atoms with Crippen molar-refractivity contribution < 1.29 is 0 Å². The number of halogens is 1. The molecule has 0 amide bonds. The summed E-state index contributed by atoms with van der Waals surface area (Å²) in [6, 6.07) is 0.422. The van der Waals surface area contributed by atoms with Crippen LogP contribution in [0.4, 0.5) is 11.6 Å². The summed E-state index contributed by atoms with van der Waals surface area (Å²) in [5.74, 6) is 1.83. The maximum absolute atomic E-state index is 4.37. The summed E-state index contributed by atoms with van der Waals surface area (Å²) in [5.41, 5.74) is 0. The van der Waals surface area contributed by atoms with Crippen LogP contribution in [0.2, 0.25) is 0 Å². The van der Waals surface area contributed by atoms with Gasteiger partial charge in [0.1, 0.15) is 22.4 Å². The maximum atomic E-state index is 4.37. The molecule has 0 aliphatic heterocycles. The zero-order valence-electron chi connectivity index (χ0n) is 11.0. The second-order valence-electron chi connectivity index (χ2n) is 4.17. The molecule has 0 atom stereocenters. The van der Waals surface area contributed by atoms with Crippen LogP contribution in [0.15, 0.2) is 10.8 Å². The lowest BCUT2D eigenvalue weighted by Crippen LogP contribution is -2.31. The van der Waals surface area contributed by atoms with Crippen molar-refractivity contribution in [3.05, 3.63) is 10.8 Å². The molecule has 5 heteroatoms. The first-order valence-electron chi connectivity index (χ1n) is 6.12. The second kappa shape index (κ2) is 6.79. The van der Waals surface area contributed by atoms with Gasteiger partial charge in [-0.1, -0.05) is 6.92 Å². The highest BCUT2D eigenvalue weighted by Gasteiger charge is 2.16. The molecule has 0 aliphatic rings. The normalized spacial score (nSPS) is 10.7. The van der Waals surface area contributed by atoms with Gasteiger partial charge >= 0.3 is 0 Å². The predicted octanol–water partition coefficient (Wildman–Crippen LogP) is 3.30. The minimum Gasteiger partial charge on any atom is -0.369 e. The molecule has 17 heavy (non-hydrogen) atoms. The molecule has 0 fully saturated rings. The molecule has 0 radical (unpaired) electrons. The van der Waals surface area contributed by atoms with Gasteiger partial charge in [-0.15, -0.1) is 0 Å². The van der Waals surface area contributed by atoms with Gasteiger partial charge in [-0.2, -0.15) is 0 Å². The van der Waals surface area contributed by atoms with E-state index in [1.165, 1.54) is 0 Å². The smallest absolute Gasteiger partial charge is 0.148 e. The van der Waals surface area contributed by atoms with Crippen LogP contribution in [0.3, 0.4) is 0 Å². The van der Waals surface area contributed by atoms with Crippen LogP contribution >= 0.6 is 15.9 Å². The van der Waals surface area contributed by atoms with Crippen molar-refractivity contribution in [2.45, 2.75) is 40.2 Å². The highest BCUT2D eigenvalue weighted by molar-refractivity contribution is 9.10. The van der Waals surface area contributed by atoms with Crippen molar-refractivity contribution in [3.63, 3.8) is 0 Å². The summed E-state index contributed by atoms with van der Waals surface area (Å²) >= 11 is 3.59. The molecule has 1 rings (SSSR count). The van der Waals surface area contributed by atoms with Gasteiger partial charge in [0.05, 0.1) is 0 Å². The van der Waals surface area contributed by atoms with Gasteiger partial charge in [-0.3, -0.25) is 0 Å². The SMILES string of the molecule is CCCNc1ncnc(N(CC)C(C)C)c1Br. The summed E-state index contributed by atoms with van der Waals surface area (Å²) in [6.07, 6.45) is 2.69. The topological polar surface area (TPSA) is 41.1 Å². The molecule has 96 valence electrons. The van der Waals surface area contributed by atoms with Crippen molar-refractivity contribution in [1.29, 1.82) is 0 Å². The van der Waals surface area contributed by atoms with Gasteiger partial charge in [-0.25, -0.2) is 9.97 Å². The average molecular weight is 301 g/mol. The molecule has 0 spiro atoms. The first kappa shape index (κ1) is 14.2. The second-order valence-corrected chi connectivity index (χ2v) is 4.96. The molecule has 1 aromatic rings. The van der Waals surface area contributed by atoms with Gasteiger partial charge in [-0.05, 0) is 43.1 Å². The van der Waals surface area contributed by atoms with Gasteiger partial charge in [0.2, 0.25) is 0 Å². The van der Waals surface area contributed by atoms with Crippen LogP contribution in [0.25, 0.3) is 0 Å². The molecular formula is C12H21BrN4. The number of aromatic nitrogens is 2. The quantitative estimate of drug-likeness (QED) is 0.875. The van der Waals surface area contributed by atoms with E-state index in [1.807, 2.05) is 0 Å². The molecule has 0 saturated heterocycles. The van der Waals surface area contributed by atoms with E-state index in [4.69, 9.17) is 0 Å². The van der Waals surface area contributed by atoms with Crippen LogP contribution in [0, 0.1) is 0 Å². The van der Waals surface area contributed by atoms with E-state index < -0.39 is 0 Å².